The van der Waals surface area contributed by atoms with Crippen LogP contribution < -0.4 is 10.1 Å². The number of carbonyl (C=O) groups is 1. The van der Waals surface area contributed by atoms with Crippen LogP contribution >= 0.6 is 35.0 Å². The van der Waals surface area contributed by atoms with Gasteiger partial charge in [-0.25, -0.2) is 0 Å². The number of ether oxygens (including phenoxy) is 1. The summed E-state index contributed by atoms with van der Waals surface area (Å²) in [5.41, 5.74) is 1.30. The third kappa shape index (κ3) is 4.09. The lowest BCUT2D eigenvalue weighted by molar-refractivity contribution is 0.0948. The SMILES string of the molecule is COc1cc(SC)ccc1C(=O)NCc1ccc(Cl)cc1Cl. The Kier molecular flexibility index (Phi) is 6.00. The van der Waals surface area contributed by atoms with Crippen LogP contribution in [-0.2, 0) is 6.54 Å². The van der Waals surface area contributed by atoms with E-state index in [1.807, 2.05) is 18.4 Å². The molecule has 1 amide bonds. The van der Waals surface area contributed by atoms with Gasteiger partial charge in [0.15, 0.2) is 0 Å². The van der Waals surface area contributed by atoms with E-state index in [0.29, 0.717) is 27.9 Å². The number of halogens is 2. The summed E-state index contributed by atoms with van der Waals surface area (Å²) >= 11 is 13.5. The molecule has 0 aliphatic rings. The zero-order valence-electron chi connectivity index (χ0n) is 12.2. The van der Waals surface area contributed by atoms with Crippen LogP contribution in [0, 0.1) is 0 Å². The molecule has 0 aromatic heterocycles. The van der Waals surface area contributed by atoms with Crippen molar-refractivity contribution in [2.24, 2.45) is 0 Å². The molecule has 2 aromatic rings. The molecule has 0 atom stereocenters. The summed E-state index contributed by atoms with van der Waals surface area (Å²) in [7, 11) is 1.55. The molecule has 0 heterocycles. The maximum absolute atomic E-state index is 12.3. The maximum Gasteiger partial charge on any atom is 0.255 e. The number of carbonyl (C=O) groups excluding carboxylic acids is 1. The highest BCUT2D eigenvalue weighted by molar-refractivity contribution is 7.98. The van der Waals surface area contributed by atoms with E-state index in [1.54, 1.807) is 43.1 Å². The minimum atomic E-state index is -0.212. The van der Waals surface area contributed by atoms with Gasteiger partial charge in [-0.2, -0.15) is 0 Å². The first-order valence-electron chi connectivity index (χ1n) is 6.49. The zero-order valence-corrected chi connectivity index (χ0v) is 14.5. The summed E-state index contributed by atoms with van der Waals surface area (Å²) in [6.45, 7) is 0.322. The third-order valence-electron chi connectivity index (χ3n) is 3.11. The maximum atomic E-state index is 12.3. The van der Waals surface area contributed by atoms with Gasteiger partial charge in [0.2, 0.25) is 0 Å². The van der Waals surface area contributed by atoms with Crippen molar-refractivity contribution in [3.8, 4) is 5.75 Å². The second-order valence-corrected chi connectivity index (χ2v) is 6.21. The second kappa shape index (κ2) is 7.77. The fourth-order valence-corrected chi connectivity index (χ4v) is 2.83. The van der Waals surface area contributed by atoms with Crippen molar-refractivity contribution in [3.05, 3.63) is 57.6 Å². The Morgan fingerprint density at radius 1 is 1.23 bits per heavy atom. The molecule has 1 N–H and O–H groups in total. The highest BCUT2D eigenvalue weighted by atomic mass is 35.5. The first-order valence-corrected chi connectivity index (χ1v) is 8.47. The summed E-state index contributed by atoms with van der Waals surface area (Å²) in [5.74, 6) is 0.335. The van der Waals surface area contributed by atoms with Gasteiger partial charge in [0.25, 0.3) is 5.91 Å². The Morgan fingerprint density at radius 3 is 2.64 bits per heavy atom. The van der Waals surface area contributed by atoms with E-state index in [-0.39, 0.29) is 5.91 Å². The van der Waals surface area contributed by atoms with E-state index in [9.17, 15) is 4.79 Å². The van der Waals surface area contributed by atoms with Gasteiger partial charge < -0.3 is 10.1 Å². The van der Waals surface area contributed by atoms with Crippen molar-refractivity contribution >= 4 is 40.9 Å². The first kappa shape index (κ1) is 17.0. The van der Waals surface area contributed by atoms with E-state index in [1.165, 1.54) is 0 Å². The molecule has 2 rings (SSSR count). The largest absolute Gasteiger partial charge is 0.496 e. The van der Waals surface area contributed by atoms with Crippen molar-refractivity contribution in [2.75, 3.05) is 13.4 Å². The van der Waals surface area contributed by atoms with Crippen LogP contribution in [0.15, 0.2) is 41.3 Å². The lowest BCUT2D eigenvalue weighted by Crippen LogP contribution is -2.23. The Balaban J connectivity index is 2.12. The Hall–Kier alpha value is -1.36. The van der Waals surface area contributed by atoms with E-state index >= 15 is 0 Å². The molecule has 0 aliphatic heterocycles. The molecule has 0 fully saturated rings. The number of amides is 1. The molecule has 2 aromatic carbocycles. The van der Waals surface area contributed by atoms with Crippen molar-refractivity contribution in [2.45, 2.75) is 11.4 Å². The minimum absolute atomic E-state index is 0.212. The molecule has 0 unspecified atom stereocenters. The Labute approximate surface area is 144 Å². The average molecular weight is 356 g/mol. The van der Waals surface area contributed by atoms with Crippen LogP contribution in [0.5, 0.6) is 5.75 Å². The van der Waals surface area contributed by atoms with Gasteiger partial charge >= 0.3 is 0 Å². The Bertz CT molecular complexity index is 692. The quantitative estimate of drug-likeness (QED) is 0.793. The molecule has 0 aliphatic carbocycles. The average Bonchev–Trinajstić information content (AvgIpc) is 2.53. The molecule has 0 saturated carbocycles. The normalized spacial score (nSPS) is 10.4. The summed E-state index contributed by atoms with van der Waals surface area (Å²) in [4.78, 5) is 13.3. The van der Waals surface area contributed by atoms with E-state index in [0.717, 1.165) is 10.5 Å². The highest BCUT2D eigenvalue weighted by Gasteiger charge is 2.13. The molecule has 0 spiro atoms. The number of methoxy groups -OCH3 is 1. The van der Waals surface area contributed by atoms with Crippen molar-refractivity contribution < 1.29 is 9.53 Å². The van der Waals surface area contributed by atoms with Gasteiger partial charge in [-0.05, 0) is 42.2 Å². The number of thioether (sulfide) groups is 1. The molecular weight excluding hydrogens is 341 g/mol. The molecule has 0 bridgehead atoms. The predicted octanol–water partition coefficient (Wildman–Crippen LogP) is 4.65. The molecular formula is C16H15Cl2NO2S. The van der Waals surface area contributed by atoms with Crippen LogP contribution in [-0.4, -0.2) is 19.3 Å². The summed E-state index contributed by atoms with van der Waals surface area (Å²) in [6, 6.07) is 10.7. The lowest BCUT2D eigenvalue weighted by Gasteiger charge is -2.11. The molecule has 22 heavy (non-hydrogen) atoms. The van der Waals surface area contributed by atoms with E-state index < -0.39 is 0 Å². The third-order valence-corrected chi connectivity index (χ3v) is 4.42. The fraction of sp³-hybridized carbons (Fsp3) is 0.188. The smallest absolute Gasteiger partial charge is 0.255 e. The number of hydrogen-bond acceptors (Lipinski definition) is 3. The van der Waals surface area contributed by atoms with Gasteiger partial charge in [-0.15, -0.1) is 11.8 Å². The van der Waals surface area contributed by atoms with Gasteiger partial charge in [-0.1, -0.05) is 29.3 Å². The second-order valence-electron chi connectivity index (χ2n) is 4.48. The number of hydrogen-bond donors (Lipinski definition) is 1. The van der Waals surface area contributed by atoms with Crippen molar-refractivity contribution in [3.63, 3.8) is 0 Å². The zero-order chi connectivity index (χ0) is 16.1. The molecule has 116 valence electrons. The van der Waals surface area contributed by atoms with Crippen LogP contribution in [0.3, 0.4) is 0 Å². The van der Waals surface area contributed by atoms with E-state index in [2.05, 4.69) is 5.32 Å². The standard InChI is InChI=1S/C16H15Cl2NO2S/c1-21-15-8-12(22-2)5-6-13(15)16(20)19-9-10-3-4-11(17)7-14(10)18/h3-8H,9H2,1-2H3,(H,19,20). The van der Waals surface area contributed by atoms with Crippen LogP contribution in [0.25, 0.3) is 0 Å². The van der Waals surface area contributed by atoms with E-state index in [4.69, 9.17) is 27.9 Å². The highest BCUT2D eigenvalue weighted by Crippen LogP contribution is 2.26. The topological polar surface area (TPSA) is 38.3 Å². The molecule has 6 heteroatoms. The Morgan fingerprint density at radius 2 is 2.00 bits per heavy atom. The summed E-state index contributed by atoms with van der Waals surface area (Å²) in [6.07, 6.45) is 1.97. The van der Waals surface area contributed by atoms with Gasteiger partial charge in [0.05, 0.1) is 12.7 Å². The van der Waals surface area contributed by atoms with Crippen LogP contribution in [0.1, 0.15) is 15.9 Å². The fourth-order valence-electron chi connectivity index (χ4n) is 1.92. The van der Waals surface area contributed by atoms with Crippen molar-refractivity contribution in [1.29, 1.82) is 0 Å². The molecule has 3 nitrogen and oxygen atoms in total. The number of nitrogens with one attached hydrogen (secondary N) is 1. The molecule has 0 radical (unpaired) electrons. The minimum Gasteiger partial charge on any atom is -0.496 e. The van der Waals surface area contributed by atoms with Crippen LogP contribution in [0.4, 0.5) is 0 Å². The van der Waals surface area contributed by atoms with Gasteiger partial charge in [0.1, 0.15) is 5.75 Å². The van der Waals surface area contributed by atoms with Gasteiger partial charge in [0, 0.05) is 21.5 Å². The monoisotopic (exact) mass is 355 g/mol. The van der Waals surface area contributed by atoms with Crippen LogP contribution in [0.2, 0.25) is 10.0 Å². The van der Waals surface area contributed by atoms with Gasteiger partial charge in [-0.3, -0.25) is 4.79 Å². The summed E-state index contributed by atoms with van der Waals surface area (Å²) in [5, 5.41) is 3.92. The van der Waals surface area contributed by atoms with Crippen molar-refractivity contribution in [1.82, 2.24) is 5.32 Å². The number of rotatable bonds is 5. The predicted molar refractivity (Wildman–Crippen MR) is 92.4 cm³/mol. The number of benzene rings is 2. The first-order chi connectivity index (χ1) is 10.5. The summed E-state index contributed by atoms with van der Waals surface area (Å²) < 4.78 is 5.28. The molecule has 0 saturated heterocycles. The lowest BCUT2D eigenvalue weighted by atomic mass is 10.1.